The van der Waals surface area contributed by atoms with Crippen molar-refractivity contribution in [2.75, 3.05) is 19.7 Å². The molecule has 0 saturated carbocycles. The zero-order valence-electron chi connectivity index (χ0n) is 12.5. The number of halogens is 1. The molecular weight excluding hydrogens is 300 g/mol. The molecule has 22 heavy (non-hydrogen) atoms. The van der Waals surface area contributed by atoms with Crippen molar-refractivity contribution in [3.8, 4) is 5.69 Å². The Hall–Kier alpha value is -1.43. The third kappa shape index (κ3) is 3.85. The first-order valence-electron chi connectivity index (χ1n) is 7.75. The lowest BCUT2D eigenvalue weighted by Gasteiger charge is -2.31. The first-order valence-corrected chi connectivity index (χ1v) is 8.13. The fourth-order valence-corrected chi connectivity index (χ4v) is 3.16. The van der Waals surface area contributed by atoms with Crippen LogP contribution >= 0.6 is 11.6 Å². The second-order valence-corrected chi connectivity index (χ2v) is 6.32. The highest BCUT2D eigenvalue weighted by molar-refractivity contribution is 6.30. The normalized spacial score (nSPS) is 19.5. The monoisotopic (exact) mass is 320 g/mol. The summed E-state index contributed by atoms with van der Waals surface area (Å²) in [5, 5.41) is 18.3. The van der Waals surface area contributed by atoms with Crippen molar-refractivity contribution in [1.82, 2.24) is 19.9 Å². The molecule has 118 valence electrons. The van der Waals surface area contributed by atoms with Crippen LogP contribution in [-0.2, 0) is 6.54 Å². The van der Waals surface area contributed by atoms with Crippen LogP contribution in [0.5, 0.6) is 0 Å². The Morgan fingerprint density at radius 3 is 2.86 bits per heavy atom. The van der Waals surface area contributed by atoms with Gasteiger partial charge in [-0.3, -0.25) is 4.90 Å². The molecule has 1 aromatic heterocycles. The third-order valence-corrected chi connectivity index (χ3v) is 4.41. The summed E-state index contributed by atoms with van der Waals surface area (Å²) >= 11 is 5.90. The number of aliphatic hydroxyl groups excluding tert-OH is 1. The van der Waals surface area contributed by atoms with Crippen LogP contribution in [0.15, 0.2) is 30.5 Å². The van der Waals surface area contributed by atoms with E-state index in [4.69, 9.17) is 16.7 Å². The average Bonchev–Trinajstić information content (AvgIpc) is 2.97. The maximum Gasteiger partial charge on any atom is 0.0971 e. The molecule has 0 bridgehead atoms. The van der Waals surface area contributed by atoms with Gasteiger partial charge in [0.1, 0.15) is 0 Å². The maximum atomic E-state index is 9.09. The van der Waals surface area contributed by atoms with Gasteiger partial charge in [0, 0.05) is 24.7 Å². The van der Waals surface area contributed by atoms with E-state index in [0.29, 0.717) is 10.9 Å². The Morgan fingerprint density at radius 2 is 2.09 bits per heavy atom. The molecule has 5 nitrogen and oxygen atoms in total. The standard InChI is InChI=1S/C16H21ClN4O/c17-14-3-5-16(6-4-14)21-12-15(18-19-21)11-20-8-1-2-13(10-20)7-9-22/h3-6,12-13,22H,1-2,7-11H2. The topological polar surface area (TPSA) is 54.2 Å². The maximum absolute atomic E-state index is 9.09. The van der Waals surface area contributed by atoms with Crippen molar-refractivity contribution in [1.29, 1.82) is 0 Å². The molecule has 3 rings (SSSR count). The molecule has 2 heterocycles. The Balaban J connectivity index is 1.63. The van der Waals surface area contributed by atoms with Crippen LogP contribution in [0.25, 0.3) is 5.69 Å². The highest BCUT2D eigenvalue weighted by Gasteiger charge is 2.20. The Bertz CT molecular complexity index is 596. The number of piperidine rings is 1. The van der Waals surface area contributed by atoms with Gasteiger partial charge in [-0.1, -0.05) is 16.8 Å². The van der Waals surface area contributed by atoms with E-state index < -0.39 is 0 Å². The average molecular weight is 321 g/mol. The van der Waals surface area contributed by atoms with Crippen LogP contribution < -0.4 is 0 Å². The van der Waals surface area contributed by atoms with Crippen molar-refractivity contribution in [3.63, 3.8) is 0 Å². The van der Waals surface area contributed by atoms with Gasteiger partial charge >= 0.3 is 0 Å². The first-order chi connectivity index (χ1) is 10.7. The molecule has 1 atom stereocenters. The van der Waals surface area contributed by atoms with Gasteiger partial charge in [-0.15, -0.1) is 5.10 Å². The van der Waals surface area contributed by atoms with Gasteiger partial charge in [-0.2, -0.15) is 0 Å². The minimum Gasteiger partial charge on any atom is -0.396 e. The van der Waals surface area contributed by atoms with Gasteiger partial charge in [-0.25, -0.2) is 4.68 Å². The van der Waals surface area contributed by atoms with Crippen LogP contribution in [0.3, 0.4) is 0 Å². The predicted molar refractivity (Wildman–Crippen MR) is 86.1 cm³/mol. The first kappa shape index (κ1) is 15.5. The second kappa shape index (κ2) is 7.22. The molecule has 1 fully saturated rings. The number of aliphatic hydroxyl groups is 1. The number of likely N-dealkylation sites (tertiary alicyclic amines) is 1. The van der Waals surface area contributed by atoms with E-state index in [1.165, 1.54) is 12.8 Å². The van der Waals surface area contributed by atoms with Gasteiger partial charge in [0.05, 0.1) is 17.6 Å². The molecule has 0 radical (unpaired) electrons. The molecule has 1 N–H and O–H groups in total. The number of nitrogens with zero attached hydrogens (tertiary/aromatic N) is 4. The third-order valence-electron chi connectivity index (χ3n) is 4.16. The summed E-state index contributed by atoms with van der Waals surface area (Å²) in [7, 11) is 0. The van der Waals surface area contributed by atoms with Crippen LogP contribution in [0.1, 0.15) is 25.0 Å². The van der Waals surface area contributed by atoms with Crippen molar-refractivity contribution in [3.05, 3.63) is 41.2 Å². The molecular formula is C16H21ClN4O. The minimum absolute atomic E-state index is 0.283. The highest BCUT2D eigenvalue weighted by Crippen LogP contribution is 2.20. The Morgan fingerprint density at radius 1 is 1.27 bits per heavy atom. The molecule has 0 amide bonds. The lowest BCUT2D eigenvalue weighted by Crippen LogP contribution is -2.35. The molecule has 2 aromatic rings. The van der Waals surface area contributed by atoms with Crippen molar-refractivity contribution < 1.29 is 5.11 Å². The van der Waals surface area contributed by atoms with Crippen molar-refractivity contribution in [2.45, 2.75) is 25.8 Å². The van der Waals surface area contributed by atoms with E-state index in [9.17, 15) is 0 Å². The molecule has 6 heteroatoms. The van der Waals surface area contributed by atoms with Crippen molar-refractivity contribution in [2.24, 2.45) is 5.92 Å². The zero-order chi connectivity index (χ0) is 15.4. The number of rotatable bonds is 5. The highest BCUT2D eigenvalue weighted by atomic mass is 35.5. The van der Waals surface area contributed by atoms with Crippen molar-refractivity contribution >= 4 is 11.6 Å². The van der Waals surface area contributed by atoms with Crippen LogP contribution in [0.4, 0.5) is 0 Å². The Kier molecular flexibility index (Phi) is 5.08. The van der Waals surface area contributed by atoms with Crippen LogP contribution in [-0.4, -0.2) is 44.7 Å². The molecule has 1 unspecified atom stereocenters. The van der Waals surface area contributed by atoms with Gasteiger partial charge in [-0.05, 0) is 56.0 Å². The summed E-state index contributed by atoms with van der Waals surface area (Å²) in [6.07, 6.45) is 5.28. The second-order valence-electron chi connectivity index (χ2n) is 5.89. The van der Waals surface area contributed by atoms with Gasteiger partial charge in [0.2, 0.25) is 0 Å². The molecule has 1 aliphatic rings. The Labute approximate surface area is 135 Å². The zero-order valence-corrected chi connectivity index (χ0v) is 13.3. The fraction of sp³-hybridized carbons (Fsp3) is 0.500. The SMILES string of the molecule is OCCC1CCCN(Cc2cn(-c3ccc(Cl)cc3)nn2)C1. The van der Waals surface area contributed by atoms with E-state index >= 15 is 0 Å². The predicted octanol–water partition coefficient (Wildman–Crippen LogP) is 2.52. The van der Waals surface area contributed by atoms with E-state index in [1.807, 2.05) is 30.5 Å². The summed E-state index contributed by atoms with van der Waals surface area (Å²) in [5.74, 6) is 0.602. The smallest absolute Gasteiger partial charge is 0.0971 e. The van der Waals surface area contributed by atoms with Gasteiger partial charge in [0.15, 0.2) is 0 Å². The molecule has 1 aliphatic heterocycles. The number of aromatic nitrogens is 3. The molecule has 0 spiro atoms. The quantitative estimate of drug-likeness (QED) is 0.919. The molecule has 1 aromatic carbocycles. The van der Waals surface area contributed by atoms with Gasteiger partial charge in [0.25, 0.3) is 0 Å². The van der Waals surface area contributed by atoms with E-state index in [2.05, 4.69) is 15.2 Å². The number of hydrogen-bond acceptors (Lipinski definition) is 4. The number of hydrogen-bond donors (Lipinski definition) is 1. The van der Waals surface area contributed by atoms with E-state index in [-0.39, 0.29) is 6.61 Å². The summed E-state index contributed by atoms with van der Waals surface area (Å²) in [6.45, 7) is 3.23. The van der Waals surface area contributed by atoms with Gasteiger partial charge < -0.3 is 5.11 Å². The lowest BCUT2D eigenvalue weighted by atomic mass is 9.95. The summed E-state index contributed by atoms with van der Waals surface area (Å²) in [5.41, 5.74) is 1.93. The fourth-order valence-electron chi connectivity index (χ4n) is 3.03. The van der Waals surface area contributed by atoms with E-state index in [1.54, 1.807) is 4.68 Å². The summed E-state index contributed by atoms with van der Waals surface area (Å²) < 4.78 is 1.78. The summed E-state index contributed by atoms with van der Waals surface area (Å²) in [4.78, 5) is 2.40. The largest absolute Gasteiger partial charge is 0.396 e. The molecule has 1 saturated heterocycles. The minimum atomic E-state index is 0.283. The van der Waals surface area contributed by atoms with Crippen LogP contribution in [0.2, 0.25) is 5.02 Å². The molecule has 0 aliphatic carbocycles. The van der Waals surface area contributed by atoms with E-state index in [0.717, 1.165) is 37.4 Å². The number of benzene rings is 1. The summed E-state index contributed by atoms with van der Waals surface area (Å²) in [6, 6.07) is 7.56. The lowest BCUT2D eigenvalue weighted by molar-refractivity contribution is 0.141. The van der Waals surface area contributed by atoms with Crippen LogP contribution in [0, 0.1) is 5.92 Å².